The minimum absolute atomic E-state index is 0.113. The molecule has 0 amide bonds. The van der Waals surface area contributed by atoms with Gasteiger partial charge in [0.2, 0.25) is 0 Å². The summed E-state index contributed by atoms with van der Waals surface area (Å²) < 4.78 is 16.7. The van der Waals surface area contributed by atoms with Crippen molar-refractivity contribution in [2.75, 3.05) is 33.5 Å². The molecule has 7 nitrogen and oxygen atoms in total. The molecule has 168 valence electrons. The van der Waals surface area contributed by atoms with Crippen molar-refractivity contribution in [3.63, 3.8) is 0 Å². The van der Waals surface area contributed by atoms with Gasteiger partial charge in [0.15, 0.2) is 17.5 Å². The van der Waals surface area contributed by atoms with Gasteiger partial charge in [-0.2, -0.15) is 0 Å². The molecule has 2 aromatic carbocycles. The van der Waals surface area contributed by atoms with Crippen LogP contribution in [0.3, 0.4) is 0 Å². The van der Waals surface area contributed by atoms with Crippen LogP contribution < -0.4 is 20.1 Å². The number of benzene rings is 2. The van der Waals surface area contributed by atoms with E-state index in [4.69, 9.17) is 14.2 Å². The maximum Gasteiger partial charge on any atom is 0.191 e. The second-order valence-corrected chi connectivity index (χ2v) is 7.71. The third kappa shape index (κ3) is 6.79. The maximum atomic E-state index is 9.97. The van der Waals surface area contributed by atoms with Crippen molar-refractivity contribution in [3.8, 4) is 17.2 Å². The molecule has 3 N–H and O–H groups in total. The summed E-state index contributed by atoms with van der Waals surface area (Å²) in [6.45, 7) is 8.15. The molecule has 1 fully saturated rings. The molecule has 31 heavy (non-hydrogen) atoms. The molecule has 3 rings (SSSR count). The molecule has 0 bridgehead atoms. The fraction of sp³-hybridized carbons (Fsp3) is 0.458. The molecule has 0 spiro atoms. The summed E-state index contributed by atoms with van der Waals surface area (Å²) in [5, 5.41) is 16.6. The molecular weight excluding hydrogens is 394 g/mol. The van der Waals surface area contributed by atoms with Gasteiger partial charge in [0.05, 0.1) is 26.9 Å². The van der Waals surface area contributed by atoms with Gasteiger partial charge in [0.1, 0.15) is 5.75 Å². The Hall–Kier alpha value is -2.93. The Bertz CT molecular complexity index is 879. The highest BCUT2D eigenvalue weighted by molar-refractivity contribution is 5.79. The summed E-state index contributed by atoms with van der Waals surface area (Å²) in [7, 11) is 1.53. The van der Waals surface area contributed by atoms with Gasteiger partial charge < -0.3 is 30.0 Å². The van der Waals surface area contributed by atoms with E-state index in [9.17, 15) is 5.11 Å². The number of aromatic hydroxyl groups is 1. The topological polar surface area (TPSA) is 84.3 Å². The number of guanidine groups is 1. The highest BCUT2D eigenvalue weighted by atomic mass is 16.5. The minimum atomic E-state index is 0.113. The van der Waals surface area contributed by atoms with Crippen molar-refractivity contribution in [3.05, 3.63) is 53.1 Å². The summed E-state index contributed by atoms with van der Waals surface area (Å²) in [5.74, 6) is 2.63. The van der Waals surface area contributed by atoms with Crippen molar-refractivity contribution in [2.45, 2.75) is 33.4 Å². The Morgan fingerprint density at radius 3 is 2.77 bits per heavy atom. The summed E-state index contributed by atoms with van der Waals surface area (Å²) in [6.07, 6.45) is 1.05. The Morgan fingerprint density at radius 1 is 1.19 bits per heavy atom. The summed E-state index contributed by atoms with van der Waals surface area (Å²) >= 11 is 0. The average Bonchev–Trinajstić information content (AvgIpc) is 3.29. The lowest BCUT2D eigenvalue weighted by Gasteiger charge is -2.17. The first-order valence-corrected chi connectivity index (χ1v) is 10.8. The molecule has 0 radical (unpaired) electrons. The highest BCUT2D eigenvalue weighted by Crippen LogP contribution is 2.26. The van der Waals surface area contributed by atoms with Crippen LogP contribution in [0, 0.1) is 12.8 Å². The maximum absolute atomic E-state index is 9.97. The lowest BCUT2D eigenvalue weighted by Crippen LogP contribution is -2.36. The van der Waals surface area contributed by atoms with Crippen LogP contribution in [0.4, 0.5) is 0 Å². The fourth-order valence-electron chi connectivity index (χ4n) is 3.39. The monoisotopic (exact) mass is 427 g/mol. The van der Waals surface area contributed by atoms with Gasteiger partial charge in [-0.1, -0.05) is 18.2 Å². The molecular formula is C24H33N3O4. The highest BCUT2D eigenvalue weighted by Gasteiger charge is 2.17. The van der Waals surface area contributed by atoms with E-state index < -0.39 is 0 Å². The number of nitrogens with one attached hydrogen (secondary N) is 2. The smallest absolute Gasteiger partial charge is 0.191 e. The zero-order chi connectivity index (χ0) is 22.1. The van der Waals surface area contributed by atoms with Crippen LogP contribution in [-0.4, -0.2) is 44.5 Å². The molecule has 1 heterocycles. The van der Waals surface area contributed by atoms with Gasteiger partial charge in [0.25, 0.3) is 0 Å². The van der Waals surface area contributed by atoms with E-state index in [1.807, 2.05) is 13.0 Å². The van der Waals surface area contributed by atoms with Crippen LogP contribution in [-0.2, 0) is 17.8 Å². The quantitative estimate of drug-likeness (QED) is 0.420. The Kier molecular flexibility index (Phi) is 8.41. The number of hydrogen-bond donors (Lipinski definition) is 3. The van der Waals surface area contributed by atoms with E-state index >= 15 is 0 Å². The Balaban J connectivity index is 1.63. The van der Waals surface area contributed by atoms with Crippen LogP contribution in [0.25, 0.3) is 0 Å². The Labute approximate surface area is 184 Å². The number of rotatable bonds is 9. The van der Waals surface area contributed by atoms with Crippen LogP contribution >= 0.6 is 0 Å². The van der Waals surface area contributed by atoms with E-state index in [2.05, 4.69) is 40.7 Å². The number of aryl methyl sites for hydroxylation is 1. The van der Waals surface area contributed by atoms with Crippen molar-refractivity contribution in [1.82, 2.24) is 10.6 Å². The predicted octanol–water partition coefficient (Wildman–Crippen LogP) is 3.38. The zero-order valence-electron chi connectivity index (χ0n) is 18.6. The van der Waals surface area contributed by atoms with Crippen molar-refractivity contribution in [1.29, 1.82) is 0 Å². The van der Waals surface area contributed by atoms with E-state index in [0.717, 1.165) is 43.1 Å². The van der Waals surface area contributed by atoms with Gasteiger partial charge in [-0.15, -0.1) is 0 Å². The first kappa shape index (κ1) is 22.7. The fourth-order valence-corrected chi connectivity index (χ4v) is 3.39. The molecule has 0 saturated carbocycles. The normalized spacial score (nSPS) is 16.2. The third-order valence-electron chi connectivity index (χ3n) is 5.17. The molecule has 7 heteroatoms. The number of phenolic OH excluding ortho intramolecular Hbond substituents is 1. The molecule has 1 aliphatic rings. The summed E-state index contributed by atoms with van der Waals surface area (Å²) in [5.41, 5.74) is 3.15. The molecule has 1 unspecified atom stereocenters. The number of aliphatic imine (C=N–C) groups is 1. The second-order valence-electron chi connectivity index (χ2n) is 7.71. The van der Waals surface area contributed by atoms with Gasteiger partial charge in [0, 0.05) is 31.2 Å². The van der Waals surface area contributed by atoms with Crippen LogP contribution in [0.2, 0.25) is 0 Å². The number of nitrogens with zero attached hydrogens (tertiary/aromatic N) is 1. The second kappa shape index (κ2) is 11.5. The number of ether oxygens (including phenoxy) is 3. The van der Waals surface area contributed by atoms with Crippen molar-refractivity contribution >= 4 is 5.96 Å². The number of phenols is 1. The molecule has 2 aromatic rings. The first-order valence-electron chi connectivity index (χ1n) is 10.8. The number of methoxy groups -OCH3 is 1. The average molecular weight is 428 g/mol. The van der Waals surface area contributed by atoms with E-state index in [-0.39, 0.29) is 5.75 Å². The minimum Gasteiger partial charge on any atom is -0.504 e. The van der Waals surface area contributed by atoms with Gasteiger partial charge in [-0.3, -0.25) is 0 Å². The summed E-state index contributed by atoms with van der Waals surface area (Å²) in [6, 6.07) is 11.6. The lowest BCUT2D eigenvalue weighted by molar-refractivity contribution is 0.166. The van der Waals surface area contributed by atoms with Gasteiger partial charge >= 0.3 is 0 Å². The number of hydrogen-bond acceptors (Lipinski definition) is 5. The molecule has 0 aliphatic carbocycles. The van der Waals surface area contributed by atoms with E-state index in [1.54, 1.807) is 12.1 Å². The molecule has 0 aromatic heterocycles. The van der Waals surface area contributed by atoms with E-state index in [0.29, 0.717) is 37.3 Å². The van der Waals surface area contributed by atoms with Gasteiger partial charge in [-0.05, 0) is 49.6 Å². The standard InChI is InChI=1S/C24H33N3O4/c1-4-25-24(26-13-18-6-8-22(29-3)21(28)12-18)27-14-20-7-5-17(2)11-23(20)31-16-19-9-10-30-15-19/h5-8,11-12,19,28H,4,9-10,13-16H2,1-3H3,(H2,25,26,27). The lowest BCUT2D eigenvalue weighted by atomic mass is 10.1. The van der Waals surface area contributed by atoms with Crippen LogP contribution in [0.5, 0.6) is 17.2 Å². The van der Waals surface area contributed by atoms with E-state index in [1.165, 1.54) is 12.7 Å². The molecule has 1 atom stereocenters. The zero-order valence-corrected chi connectivity index (χ0v) is 18.6. The predicted molar refractivity (Wildman–Crippen MR) is 122 cm³/mol. The largest absolute Gasteiger partial charge is 0.504 e. The van der Waals surface area contributed by atoms with Crippen LogP contribution in [0.1, 0.15) is 30.0 Å². The SMILES string of the molecule is CCNC(=NCc1ccc(OC)c(O)c1)NCc1ccc(C)cc1OCC1CCOC1. The molecule has 1 saturated heterocycles. The third-order valence-corrected chi connectivity index (χ3v) is 5.17. The molecule has 1 aliphatic heterocycles. The first-order chi connectivity index (χ1) is 15.1. The van der Waals surface area contributed by atoms with Gasteiger partial charge in [-0.25, -0.2) is 4.99 Å². The Morgan fingerprint density at radius 2 is 2.06 bits per heavy atom. The van der Waals surface area contributed by atoms with Crippen molar-refractivity contribution in [2.24, 2.45) is 10.9 Å². The van der Waals surface area contributed by atoms with Crippen molar-refractivity contribution < 1.29 is 19.3 Å². The van der Waals surface area contributed by atoms with Crippen LogP contribution in [0.15, 0.2) is 41.4 Å². The summed E-state index contributed by atoms with van der Waals surface area (Å²) in [4.78, 5) is 4.64.